The van der Waals surface area contributed by atoms with Crippen molar-refractivity contribution in [1.82, 2.24) is 4.90 Å². The lowest BCUT2D eigenvalue weighted by molar-refractivity contribution is 0.345. The predicted octanol–water partition coefficient (Wildman–Crippen LogP) is 1.39. The Morgan fingerprint density at radius 2 is 1.95 bits per heavy atom. The van der Waals surface area contributed by atoms with Crippen LogP contribution in [0.2, 0.25) is 5.02 Å². The largest absolute Gasteiger partial charge is 0.326 e. The van der Waals surface area contributed by atoms with Crippen molar-refractivity contribution >= 4 is 21.4 Å². The van der Waals surface area contributed by atoms with E-state index in [0.29, 0.717) is 22.4 Å². The van der Waals surface area contributed by atoms with Crippen molar-refractivity contribution < 1.29 is 8.42 Å². The third kappa shape index (κ3) is 3.69. The van der Waals surface area contributed by atoms with Crippen molar-refractivity contribution in [1.29, 1.82) is 0 Å². The summed E-state index contributed by atoms with van der Waals surface area (Å²) in [5, 5.41) is 0.540. The van der Waals surface area contributed by atoms with Gasteiger partial charge in [0.2, 0.25) is 0 Å². The minimum absolute atomic E-state index is 0.119. The van der Waals surface area contributed by atoms with Gasteiger partial charge >= 0.3 is 0 Å². The van der Waals surface area contributed by atoms with E-state index in [1.807, 2.05) is 0 Å². The molecule has 1 heterocycles. The van der Waals surface area contributed by atoms with Crippen LogP contribution in [0.15, 0.2) is 29.2 Å². The summed E-state index contributed by atoms with van der Waals surface area (Å²) in [5.74, 6) is 0.548. The average Bonchev–Trinajstić information content (AvgIpc) is 2.67. The van der Waals surface area contributed by atoms with Crippen LogP contribution in [0, 0.1) is 5.92 Å². The van der Waals surface area contributed by atoms with E-state index in [9.17, 15) is 8.42 Å². The van der Waals surface area contributed by atoms with Crippen molar-refractivity contribution in [2.45, 2.75) is 17.9 Å². The van der Waals surface area contributed by atoms with E-state index in [0.717, 1.165) is 13.1 Å². The zero-order chi connectivity index (χ0) is 14.0. The molecule has 0 spiro atoms. The normalized spacial score (nSPS) is 24.8. The fourth-order valence-corrected chi connectivity index (χ4v) is 3.70. The van der Waals surface area contributed by atoms with Gasteiger partial charge in [-0.05, 0) is 30.2 Å². The standard InChI is InChI=1S/C13H19ClN2O2S/c1-10-8-16(9-13(10)15)6-7-19(17,18)12-4-2-11(14)3-5-12/h2-5,10,13H,6-9,15H2,1H3. The van der Waals surface area contributed by atoms with E-state index < -0.39 is 9.84 Å². The Morgan fingerprint density at radius 1 is 1.32 bits per heavy atom. The van der Waals surface area contributed by atoms with Gasteiger partial charge in [0.25, 0.3) is 0 Å². The number of halogens is 1. The van der Waals surface area contributed by atoms with Gasteiger partial charge in [0.05, 0.1) is 10.6 Å². The molecule has 2 rings (SSSR count). The monoisotopic (exact) mass is 302 g/mol. The summed E-state index contributed by atoms with van der Waals surface area (Å²) in [6.07, 6.45) is 0. The first-order chi connectivity index (χ1) is 8.88. The van der Waals surface area contributed by atoms with Crippen LogP contribution in [0.4, 0.5) is 0 Å². The molecule has 0 aliphatic carbocycles. The first kappa shape index (κ1) is 14.8. The van der Waals surface area contributed by atoms with Gasteiger partial charge in [0, 0.05) is 30.7 Å². The van der Waals surface area contributed by atoms with Crippen LogP contribution in [-0.4, -0.2) is 44.7 Å². The first-order valence-corrected chi connectivity index (χ1v) is 8.38. The highest BCUT2D eigenvalue weighted by Gasteiger charge is 2.27. The average molecular weight is 303 g/mol. The predicted molar refractivity (Wildman–Crippen MR) is 77.1 cm³/mol. The summed E-state index contributed by atoms with van der Waals surface area (Å²) >= 11 is 5.76. The quantitative estimate of drug-likeness (QED) is 0.913. The van der Waals surface area contributed by atoms with Gasteiger partial charge in [-0.3, -0.25) is 0 Å². The summed E-state index contributed by atoms with van der Waals surface area (Å²) in [4.78, 5) is 2.44. The topological polar surface area (TPSA) is 63.4 Å². The van der Waals surface area contributed by atoms with Crippen LogP contribution in [0.1, 0.15) is 6.92 Å². The minimum atomic E-state index is -3.24. The third-order valence-corrected chi connectivity index (χ3v) is 5.56. The van der Waals surface area contributed by atoms with Crippen LogP contribution in [0.5, 0.6) is 0 Å². The maximum absolute atomic E-state index is 12.2. The van der Waals surface area contributed by atoms with E-state index in [2.05, 4.69) is 11.8 Å². The lowest BCUT2D eigenvalue weighted by Crippen LogP contribution is -2.31. The number of likely N-dealkylation sites (tertiary alicyclic amines) is 1. The van der Waals surface area contributed by atoms with Crippen LogP contribution in [-0.2, 0) is 9.84 Å². The maximum Gasteiger partial charge on any atom is 0.179 e. The summed E-state index contributed by atoms with van der Waals surface area (Å²) in [5.41, 5.74) is 5.93. The van der Waals surface area contributed by atoms with Crippen molar-refractivity contribution in [2.24, 2.45) is 11.7 Å². The van der Waals surface area contributed by atoms with Crippen LogP contribution in [0.3, 0.4) is 0 Å². The van der Waals surface area contributed by atoms with E-state index in [-0.39, 0.29) is 11.8 Å². The second kappa shape index (κ2) is 5.79. The van der Waals surface area contributed by atoms with Gasteiger partial charge in [-0.2, -0.15) is 0 Å². The number of nitrogens with two attached hydrogens (primary N) is 1. The molecule has 0 aromatic heterocycles. The summed E-state index contributed by atoms with van der Waals surface area (Å²) in [6, 6.07) is 6.45. The molecule has 4 nitrogen and oxygen atoms in total. The Hall–Kier alpha value is -0.620. The molecule has 1 aromatic carbocycles. The molecule has 19 heavy (non-hydrogen) atoms. The summed E-state index contributed by atoms with van der Waals surface area (Å²) in [7, 11) is -3.24. The van der Waals surface area contributed by atoms with Crippen molar-refractivity contribution in [3.05, 3.63) is 29.3 Å². The molecular weight excluding hydrogens is 284 g/mol. The van der Waals surface area contributed by atoms with E-state index in [1.54, 1.807) is 24.3 Å². The Kier molecular flexibility index (Phi) is 4.50. The second-order valence-electron chi connectivity index (χ2n) is 5.17. The minimum Gasteiger partial charge on any atom is -0.326 e. The fourth-order valence-electron chi connectivity index (χ4n) is 2.29. The Labute approximate surface area is 119 Å². The number of sulfone groups is 1. The van der Waals surface area contributed by atoms with Crippen molar-refractivity contribution in [3.63, 3.8) is 0 Å². The highest BCUT2D eigenvalue weighted by Crippen LogP contribution is 2.18. The molecule has 1 aliphatic heterocycles. The molecule has 1 aromatic rings. The fraction of sp³-hybridized carbons (Fsp3) is 0.538. The SMILES string of the molecule is CC1CN(CCS(=O)(=O)c2ccc(Cl)cc2)CC1N. The van der Waals surface area contributed by atoms with E-state index in [4.69, 9.17) is 17.3 Å². The molecule has 106 valence electrons. The number of hydrogen-bond donors (Lipinski definition) is 1. The van der Waals surface area contributed by atoms with Crippen LogP contribution >= 0.6 is 11.6 Å². The van der Waals surface area contributed by atoms with E-state index >= 15 is 0 Å². The Morgan fingerprint density at radius 3 is 2.47 bits per heavy atom. The Balaban J connectivity index is 1.97. The van der Waals surface area contributed by atoms with Gasteiger partial charge < -0.3 is 10.6 Å². The van der Waals surface area contributed by atoms with Gasteiger partial charge in [0.1, 0.15) is 0 Å². The molecule has 2 atom stereocenters. The highest BCUT2D eigenvalue weighted by atomic mass is 35.5. The molecule has 0 bridgehead atoms. The van der Waals surface area contributed by atoms with Gasteiger partial charge in [-0.25, -0.2) is 8.42 Å². The molecule has 1 fully saturated rings. The smallest absolute Gasteiger partial charge is 0.179 e. The van der Waals surface area contributed by atoms with E-state index in [1.165, 1.54) is 0 Å². The van der Waals surface area contributed by atoms with Gasteiger partial charge in [0.15, 0.2) is 9.84 Å². The highest BCUT2D eigenvalue weighted by molar-refractivity contribution is 7.91. The maximum atomic E-state index is 12.2. The molecule has 1 aliphatic rings. The summed E-state index contributed by atoms with van der Waals surface area (Å²) < 4.78 is 24.3. The number of nitrogens with zero attached hydrogens (tertiary/aromatic N) is 1. The molecule has 0 radical (unpaired) electrons. The molecule has 0 saturated carbocycles. The number of hydrogen-bond acceptors (Lipinski definition) is 4. The molecule has 0 amide bonds. The second-order valence-corrected chi connectivity index (χ2v) is 7.72. The lowest BCUT2D eigenvalue weighted by atomic mass is 10.1. The third-order valence-electron chi connectivity index (χ3n) is 3.60. The summed E-state index contributed by atoms with van der Waals surface area (Å²) in [6.45, 7) is 4.27. The van der Waals surface area contributed by atoms with Crippen molar-refractivity contribution in [2.75, 3.05) is 25.4 Å². The zero-order valence-corrected chi connectivity index (χ0v) is 12.5. The molecule has 2 N–H and O–H groups in total. The van der Waals surface area contributed by atoms with Crippen LogP contribution < -0.4 is 5.73 Å². The lowest BCUT2D eigenvalue weighted by Gasteiger charge is -2.15. The van der Waals surface area contributed by atoms with Crippen molar-refractivity contribution in [3.8, 4) is 0 Å². The number of benzene rings is 1. The van der Waals surface area contributed by atoms with Gasteiger partial charge in [-0.15, -0.1) is 0 Å². The molecular formula is C13H19ClN2O2S. The van der Waals surface area contributed by atoms with Gasteiger partial charge in [-0.1, -0.05) is 18.5 Å². The Bertz CT molecular complexity index is 520. The van der Waals surface area contributed by atoms with Crippen LogP contribution in [0.25, 0.3) is 0 Å². The zero-order valence-electron chi connectivity index (χ0n) is 10.9. The molecule has 2 unspecified atom stereocenters. The first-order valence-electron chi connectivity index (χ1n) is 6.35. The molecule has 6 heteroatoms. The molecule has 1 saturated heterocycles. The number of rotatable bonds is 4.